The van der Waals surface area contributed by atoms with E-state index in [0.29, 0.717) is 36.5 Å². The molecule has 328 valence electrons. The Morgan fingerprint density at radius 2 is 1.90 bits per heavy atom. The molecule has 2 saturated heterocycles. The molecule has 3 aliphatic rings. The Kier molecular flexibility index (Phi) is 17.2. The first kappa shape index (κ1) is 48.4. The molecule has 0 radical (unpaired) electrons. The van der Waals surface area contributed by atoms with Crippen molar-refractivity contribution in [3.63, 3.8) is 0 Å². The number of allylic oxidation sites excluding steroid dienone is 3. The third kappa shape index (κ3) is 12.2. The third-order valence-electron chi connectivity index (χ3n) is 11.5. The first-order chi connectivity index (χ1) is 27.8. The molecule has 0 saturated carbocycles. The van der Waals surface area contributed by atoms with E-state index >= 15 is 0 Å². The fourth-order valence-corrected chi connectivity index (χ4v) is 10.1. The number of epoxide rings is 1. The number of carbonyl (C=O) groups is 5. The lowest BCUT2D eigenvalue weighted by Gasteiger charge is -2.41. The summed E-state index contributed by atoms with van der Waals surface area (Å²) in [6.07, 6.45) is 3.17. The molecule has 2 fully saturated rings. The smallest absolute Gasteiger partial charge is 0.328 e. The van der Waals surface area contributed by atoms with Gasteiger partial charge in [0.15, 0.2) is 0 Å². The molecule has 3 aliphatic heterocycles. The molecule has 3 amide bonds. The average Bonchev–Trinajstić information content (AvgIpc) is 3.90. The summed E-state index contributed by atoms with van der Waals surface area (Å²) in [5.74, 6) is -1.67. The first-order valence-corrected chi connectivity index (χ1v) is 22.6. The van der Waals surface area contributed by atoms with E-state index in [1.807, 2.05) is 26.8 Å². The van der Waals surface area contributed by atoms with Gasteiger partial charge in [0.1, 0.15) is 46.3 Å². The number of fused-ring (bicyclic) bond motifs is 5. The Morgan fingerprint density at radius 3 is 2.56 bits per heavy atom. The molecular formula is C42H60ClN3O11S2. The number of nitrogens with zero attached hydrogens (tertiary/aromatic N) is 2. The SMILES string of the molecule is CNC(=O)CCC(C)SSCCC(=O)N(C)[C@@H](C)C(=O)O[C@H]1CC(=O)N(C)c2cc(cc(OC)c2Cl)C/C(C)=C/C=C/[C@@H](OC)[C@]2(O)CC(=O)O[C@@H](C2)[C@@H](C)[C@@H]2O[C@@]12C. The van der Waals surface area contributed by atoms with Gasteiger partial charge in [-0.15, -0.1) is 0 Å². The third-order valence-corrected chi connectivity index (χ3v) is 14.8. The molecule has 3 heterocycles. The van der Waals surface area contributed by atoms with Crippen LogP contribution >= 0.6 is 33.2 Å². The zero-order valence-corrected chi connectivity index (χ0v) is 38.1. The number of aliphatic hydroxyl groups is 1. The first-order valence-electron chi connectivity index (χ1n) is 19.8. The molecule has 4 bridgehead atoms. The Balaban J connectivity index is 1.61. The van der Waals surface area contributed by atoms with Crippen LogP contribution in [0.25, 0.3) is 0 Å². The number of halogens is 1. The van der Waals surface area contributed by atoms with Crippen molar-refractivity contribution in [2.24, 2.45) is 5.92 Å². The molecule has 14 nitrogen and oxygen atoms in total. The Bertz CT molecular complexity index is 1780. The summed E-state index contributed by atoms with van der Waals surface area (Å²) >= 11 is 6.79. The summed E-state index contributed by atoms with van der Waals surface area (Å²) < 4.78 is 29.5. The fraction of sp³-hybridized carbons (Fsp3) is 0.643. The summed E-state index contributed by atoms with van der Waals surface area (Å²) in [5.41, 5.74) is -0.665. The largest absolute Gasteiger partial charge is 0.495 e. The van der Waals surface area contributed by atoms with Crippen LogP contribution in [0.3, 0.4) is 0 Å². The van der Waals surface area contributed by atoms with E-state index < -0.39 is 65.4 Å². The summed E-state index contributed by atoms with van der Waals surface area (Å²) in [4.78, 5) is 68.7. The van der Waals surface area contributed by atoms with Crippen LogP contribution in [0.2, 0.25) is 5.02 Å². The highest BCUT2D eigenvalue weighted by molar-refractivity contribution is 8.76. The van der Waals surface area contributed by atoms with Crippen LogP contribution in [0.1, 0.15) is 78.7 Å². The Morgan fingerprint density at radius 1 is 1.19 bits per heavy atom. The molecule has 59 heavy (non-hydrogen) atoms. The summed E-state index contributed by atoms with van der Waals surface area (Å²) in [7, 11) is 10.8. The van der Waals surface area contributed by atoms with Crippen molar-refractivity contribution in [2.45, 2.75) is 126 Å². The van der Waals surface area contributed by atoms with Gasteiger partial charge in [0.2, 0.25) is 17.7 Å². The summed E-state index contributed by atoms with van der Waals surface area (Å²) in [5, 5.41) is 14.9. The lowest BCUT2D eigenvalue weighted by molar-refractivity contribution is -0.187. The quantitative estimate of drug-likeness (QED) is 0.111. The van der Waals surface area contributed by atoms with E-state index in [9.17, 15) is 29.1 Å². The van der Waals surface area contributed by atoms with Gasteiger partial charge in [-0.2, -0.15) is 0 Å². The molecule has 0 aromatic heterocycles. The standard InChI is InChI=1S/C42H60ClN3O11S2/c1-24-12-11-13-32(54-10)42(52)22-31(55-37(50)23-42)26(3)39-41(5,57-39)33(21-36(49)46(8)29-19-28(18-24)20-30(53-9)38(29)43)56-40(51)27(4)45(7)35(48)16-17-58-59-25(2)14-15-34(47)44-6/h11-13,19-20,25-27,31-33,39,52H,14-18,21-23H2,1-10H3,(H,44,47)/b13-11+,24-12+/t25?,26-,27+,31+,32-,33+,39+,41+,42-/m1/s1. The van der Waals surface area contributed by atoms with Gasteiger partial charge < -0.3 is 43.9 Å². The average molecular weight is 883 g/mol. The van der Waals surface area contributed by atoms with Crippen molar-refractivity contribution in [3.8, 4) is 5.75 Å². The summed E-state index contributed by atoms with van der Waals surface area (Å²) in [6, 6.07) is 2.59. The molecule has 0 spiro atoms. The second-order valence-electron chi connectivity index (χ2n) is 15.9. The number of nitrogens with one attached hydrogen (secondary N) is 1. The van der Waals surface area contributed by atoms with Gasteiger partial charge in [0, 0.05) is 64.4 Å². The lowest BCUT2D eigenvalue weighted by atomic mass is 9.78. The molecule has 0 aliphatic carbocycles. The van der Waals surface area contributed by atoms with Crippen LogP contribution in [0, 0.1) is 5.92 Å². The molecule has 4 rings (SSSR count). The number of hydrogen-bond acceptors (Lipinski definition) is 13. The molecule has 1 aromatic rings. The lowest BCUT2D eigenvalue weighted by Crippen LogP contribution is -2.53. The molecular weight excluding hydrogens is 822 g/mol. The van der Waals surface area contributed by atoms with Gasteiger partial charge in [-0.3, -0.25) is 19.2 Å². The Hall–Kier alpha value is -3.28. The van der Waals surface area contributed by atoms with Crippen LogP contribution < -0.4 is 15.0 Å². The molecule has 1 aromatic carbocycles. The van der Waals surface area contributed by atoms with Crippen LogP contribution in [0.4, 0.5) is 5.69 Å². The number of ether oxygens (including phenoxy) is 5. The fourth-order valence-electron chi connectivity index (χ4n) is 7.45. The van der Waals surface area contributed by atoms with E-state index in [1.165, 1.54) is 41.9 Å². The van der Waals surface area contributed by atoms with Crippen LogP contribution in [0.15, 0.2) is 35.9 Å². The van der Waals surface area contributed by atoms with Gasteiger partial charge in [0.25, 0.3) is 0 Å². The molecule has 17 heteroatoms. The predicted octanol–water partition coefficient (Wildman–Crippen LogP) is 5.45. The number of benzene rings is 1. The minimum absolute atomic E-state index is 0.0170. The van der Waals surface area contributed by atoms with Gasteiger partial charge in [-0.25, -0.2) is 4.79 Å². The number of methoxy groups -OCH3 is 2. The normalized spacial score (nSPS) is 29.8. The number of amides is 3. The zero-order chi connectivity index (χ0) is 43.8. The van der Waals surface area contributed by atoms with Crippen molar-refractivity contribution in [2.75, 3.05) is 46.0 Å². The van der Waals surface area contributed by atoms with Crippen molar-refractivity contribution in [3.05, 3.63) is 46.5 Å². The van der Waals surface area contributed by atoms with Gasteiger partial charge in [-0.1, -0.05) is 70.8 Å². The van der Waals surface area contributed by atoms with Crippen molar-refractivity contribution >= 4 is 68.5 Å². The van der Waals surface area contributed by atoms with Crippen molar-refractivity contribution < 1.29 is 52.8 Å². The topological polar surface area (TPSA) is 174 Å². The minimum atomic E-state index is -1.59. The number of rotatable bonds is 13. The van der Waals surface area contributed by atoms with Crippen LogP contribution in [-0.4, -0.2) is 128 Å². The molecule has 9 atom stereocenters. The number of esters is 2. The highest BCUT2D eigenvalue weighted by atomic mass is 35.5. The highest BCUT2D eigenvalue weighted by Crippen LogP contribution is 2.50. The maximum Gasteiger partial charge on any atom is 0.328 e. The van der Waals surface area contributed by atoms with Gasteiger partial charge in [-0.05, 0) is 51.3 Å². The van der Waals surface area contributed by atoms with E-state index in [4.69, 9.17) is 35.3 Å². The minimum Gasteiger partial charge on any atom is -0.495 e. The molecule has 2 N–H and O–H groups in total. The summed E-state index contributed by atoms with van der Waals surface area (Å²) in [6.45, 7) is 9.08. The molecule has 1 unspecified atom stereocenters. The van der Waals surface area contributed by atoms with Crippen molar-refractivity contribution in [1.82, 2.24) is 10.2 Å². The van der Waals surface area contributed by atoms with Crippen LogP contribution in [0.5, 0.6) is 5.75 Å². The second kappa shape index (κ2) is 21.0. The number of likely N-dealkylation sites (N-methyl/N-ethyl adjacent to an activating group) is 1. The van der Waals surface area contributed by atoms with Crippen LogP contribution in [-0.2, 0) is 49.3 Å². The number of carbonyl (C=O) groups excluding carboxylic acids is 5. The monoisotopic (exact) mass is 881 g/mol. The second-order valence-corrected chi connectivity index (χ2v) is 19.2. The van der Waals surface area contributed by atoms with E-state index in [0.717, 1.165) is 11.1 Å². The van der Waals surface area contributed by atoms with E-state index in [-0.39, 0.29) is 47.8 Å². The number of anilines is 1. The van der Waals surface area contributed by atoms with Gasteiger partial charge in [0.05, 0.1) is 31.7 Å². The maximum absolute atomic E-state index is 14.2. The van der Waals surface area contributed by atoms with E-state index in [1.54, 1.807) is 63.0 Å². The highest BCUT2D eigenvalue weighted by Gasteiger charge is 2.64. The van der Waals surface area contributed by atoms with Crippen molar-refractivity contribution in [1.29, 1.82) is 0 Å². The van der Waals surface area contributed by atoms with Gasteiger partial charge >= 0.3 is 11.9 Å². The zero-order valence-electron chi connectivity index (χ0n) is 35.7. The maximum atomic E-state index is 14.2. The van der Waals surface area contributed by atoms with E-state index in [2.05, 4.69) is 5.32 Å². The Labute approximate surface area is 360 Å². The number of hydrogen-bond donors (Lipinski definition) is 2. The predicted molar refractivity (Wildman–Crippen MR) is 229 cm³/mol.